The van der Waals surface area contributed by atoms with E-state index in [-0.39, 0.29) is 12.0 Å². The van der Waals surface area contributed by atoms with Crippen molar-refractivity contribution < 1.29 is 9.90 Å². The first kappa shape index (κ1) is 14.5. The first-order valence-electron chi connectivity index (χ1n) is 6.91. The highest BCUT2D eigenvalue weighted by molar-refractivity contribution is 5.97. The zero-order valence-corrected chi connectivity index (χ0v) is 11.8. The van der Waals surface area contributed by atoms with Gasteiger partial charge < -0.3 is 10.4 Å². The third-order valence-electron chi connectivity index (χ3n) is 3.16. The van der Waals surface area contributed by atoms with Crippen LogP contribution in [0.3, 0.4) is 0 Å². The molecule has 0 aliphatic heterocycles. The number of carbonyl (C=O) groups excluding carboxylic acids is 1. The second-order valence-corrected chi connectivity index (χ2v) is 4.86. The van der Waals surface area contributed by atoms with Gasteiger partial charge in [0.1, 0.15) is 5.52 Å². The molecule has 1 amide bonds. The van der Waals surface area contributed by atoms with E-state index in [4.69, 9.17) is 5.11 Å². The maximum atomic E-state index is 12.0. The minimum atomic E-state index is -0.327. The Hall–Kier alpha value is -1.95. The van der Waals surface area contributed by atoms with E-state index in [2.05, 4.69) is 15.6 Å². The number of benzene rings is 1. The predicted molar refractivity (Wildman–Crippen MR) is 76.5 cm³/mol. The Morgan fingerprint density at radius 3 is 3.00 bits per heavy atom. The van der Waals surface area contributed by atoms with Crippen molar-refractivity contribution in [2.75, 3.05) is 6.54 Å². The molecule has 0 bridgehead atoms. The van der Waals surface area contributed by atoms with E-state index in [1.165, 1.54) is 0 Å². The fourth-order valence-electron chi connectivity index (χ4n) is 2.05. The van der Waals surface area contributed by atoms with Crippen LogP contribution in [-0.2, 0) is 6.54 Å². The molecule has 0 aliphatic carbocycles. The normalized spacial score (nSPS) is 12.6. The summed E-state index contributed by atoms with van der Waals surface area (Å²) in [7, 11) is 0. The molecule has 0 aliphatic rings. The fraction of sp³-hybridized carbons (Fsp3) is 0.500. The first-order chi connectivity index (χ1) is 9.61. The van der Waals surface area contributed by atoms with Crippen molar-refractivity contribution in [2.24, 2.45) is 0 Å². The number of aromatic nitrogens is 3. The lowest BCUT2D eigenvalue weighted by Gasteiger charge is -2.06. The number of fused-ring (bicyclic) bond motifs is 1. The number of hydrogen-bond donors (Lipinski definition) is 2. The number of aliphatic hydroxyl groups excluding tert-OH is 1. The van der Waals surface area contributed by atoms with Crippen molar-refractivity contribution in [3.63, 3.8) is 0 Å². The molecular formula is C14H20N4O2. The van der Waals surface area contributed by atoms with Gasteiger partial charge in [-0.3, -0.25) is 4.79 Å². The standard InChI is InChI=1S/C14H20N4O2/c1-3-18-13-7-6-11(9-12(13)16-17-18)14(20)15-8-4-5-10(2)19/h6-7,9-10,19H,3-5,8H2,1-2H3,(H,15,20). The molecule has 1 atom stereocenters. The Morgan fingerprint density at radius 2 is 2.30 bits per heavy atom. The number of amides is 1. The van der Waals surface area contributed by atoms with Crippen molar-refractivity contribution in [3.8, 4) is 0 Å². The predicted octanol–water partition coefficient (Wildman–Crippen LogP) is 1.34. The Morgan fingerprint density at radius 1 is 1.50 bits per heavy atom. The molecule has 1 aromatic heterocycles. The van der Waals surface area contributed by atoms with Gasteiger partial charge in [-0.1, -0.05) is 5.21 Å². The maximum Gasteiger partial charge on any atom is 0.251 e. The average Bonchev–Trinajstić information content (AvgIpc) is 2.85. The van der Waals surface area contributed by atoms with Gasteiger partial charge in [0.2, 0.25) is 0 Å². The lowest BCUT2D eigenvalue weighted by molar-refractivity contribution is 0.0950. The molecular weight excluding hydrogens is 256 g/mol. The van der Waals surface area contributed by atoms with E-state index in [0.717, 1.165) is 24.0 Å². The molecule has 2 aromatic rings. The highest BCUT2D eigenvalue weighted by Crippen LogP contribution is 2.13. The zero-order valence-electron chi connectivity index (χ0n) is 11.8. The summed E-state index contributed by atoms with van der Waals surface area (Å²) >= 11 is 0. The molecule has 2 rings (SSSR count). The largest absolute Gasteiger partial charge is 0.393 e. The van der Waals surface area contributed by atoms with Crippen molar-refractivity contribution >= 4 is 16.9 Å². The summed E-state index contributed by atoms with van der Waals surface area (Å²) in [4.78, 5) is 12.0. The molecule has 1 unspecified atom stereocenters. The average molecular weight is 276 g/mol. The van der Waals surface area contributed by atoms with Crippen LogP contribution < -0.4 is 5.32 Å². The Balaban J connectivity index is 2.00. The topological polar surface area (TPSA) is 80.0 Å². The summed E-state index contributed by atoms with van der Waals surface area (Å²) in [5, 5.41) is 20.1. The van der Waals surface area contributed by atoms with Crippen molar-refractivity contribution in [1.82, 2.24) is 20.3 Å². The summed E-state index contributed by atoms with van der Waals surface area (Å²) in [6.45, 7) is 5.05. The summed E-state index contributed by atoms with van der Waals surface area (Å²) in [5.41, 5.74) is 2.24. The number of aliphatic hydroxyl groups is 1. The molecule has 1 aromatic carbocycles. The van der Waals surface area contributed by atoms with Gasteiger partial charge in [-0.05, 0) is 44.9 Å². The monoisotopic (exact) mass is 276 g/mol. The molecule has 0 radical (unpaired) electrons. The van der Waals surface area contributed by atoms with Crippen LogP contribution in [0.1, 0.15) is 37.0 Å². The van der Waals surface area contributed by atoms with E-state index in [1.54, 1.807) is 23.7 Å². The van der Waals surface area contributed by atoms with Crippen LogP contribution in [-0.4, -0.2) is 38.7 Å². The van der Waals surface area contributed by atoms with Crippen molar-refractivity contribution in [3.05, 3.63) is 23.8 Å². The Kier molecular flexibility index (Phi) is 4.68. The van der Waals surface area contributed by atoms with Crippen LogP contribution in [0, 0.1) is 0 Å². The van der Waals surface area contributed by atoms with Gasteiger partial charge in [-0.15, -0.1) is 5.10 Å². The summed E-state index contributed by atoms with van der Waals surface area (Å²) in [6.07, 6.45) is 1.12. The smallest absolute Gasteiger partial charge is 0.251 e. The molecule has 1 heterocycles. The maximum absolute atomic E-state index is 12.0. The first-order valence-corrected chi connectivity index (χ1v) is 6.91. The molecule has 6 heteroatoms. The van der Waals surface area contributed by atoms with Crippen LogP contribution in [0.25, 0.3) is 11.0 Å². The van der Waals surface area contributed by atoms with Gasteiger partial charge in [0.25, 0.3) is 5.91 Å². The van der Waals surface area contributed by atoms with Gasteiger partial charge in [-0.25, -0.2) is 4.68 Å². The van der Waals surface area contributed by atoms with Crippen molar-refractivity contribution in [2.45, 2.75) is 39.3 Å². The summed E-state index contributed by atoms with van der Waals surface area (Å²) < 4.78 is 1.79. The van der Waals surface area contributed by atoms with Gasteiger partial charge in [0.05, 0.1) is 11.6 Å². The van der Waals surface area contributed by atoms with E-state index in [0.29, 0.717) is 18.5 Å². The molecule has 2 N–H and O–H groups in total. The van der Waals surface area contributed by atoms with Crippen LogP contribution in [0.4, 0.5) is 0 Å². The molecule has 0 saturated carbocycles. The Labute approximate surface area is 117 Å². The minimum absolute atomic E-state index is 0.122. The molecule has 20 heavy (non-hydrogen) atoms. The molecule has 0 fully saturated rings. The molecule has 0 saturated heterocycles. The van der Waals surface area contributed by atoms with Crippen LogP contribution in [0.5, 0.6) is 0 Å². The number of rotatable bonds is 6. The molecule has 6 nitrogen and oxygen atoms in total. The van der Waals surface area contributed by atoms with Crippen molar-refractivity contribution in [1.29, 1.82) is 0 Å². The molecule has 0 spiro atoms. The van der Waals surface area contributed by atoms with Crippen LogP contribution >= 0.6 is 0 Å². The zero-order chi connectivity index (χ0) is 14.5. The number of nitrogens with zero attached hydrogens (tertiary/aromatic N) is 3. The van der Waals surface area contributed by atoms with E-state index in [9.17, 15) is 4.79 Å². The van der Waals surface area contributed by atoms with E-state index in [1.807, 2.05) is 13.0 Å². The lowest BCUT2D eigenvalue weighted by Crippen LogP contribution is -2.25. The van der Waals surface area contributed by atoms with Gasteiger partial charge >= 0.3 is 0 Å². The third-order valence-corrected chi connectivity index (χ3v) is 3.16. The van der Waals surface area contributed by atoms with E-state index < -0.39 is 0 Å². The van der Waals surface area contributed by atoms with E-state index >= 15 is 0 Å². The van der Waals surface area contributed by atoms with Crippen LogP contribution in [0.2, 0.25) is 0 Å². The SMILES string of the molecule is CCn1nnc2cc(C(=O)NCCCC(C)O)ccc21. The number of aryl methyl sites for hydroxylation is 1. The summed E-state index contributed by atoms with van der Waals surface area (Å²) in [5.74, 6) is -0.122. The fourth-order valence-corrected chi connectivity index (χ4v) is 2.05. The lowest BCUT2D eigenvalue weighted by atomic mass is 10.1. The second kappa shape index (κ2) is 6.47. The second-order valence-electron chi connectivity index (χ2n) is 4.86. The van der Waals surface area contributed by atoms with Gasteiger partial charge in [0, 0.05) is 18.7 Å². The number of nitrogens with one attached hydrogen (secondary N) is 1. The van der Waals surface area contributed by atoms with Gasteiger partial charge in [-0.2, -0.15) is 0 Å². The van der Waals surface area contributed by atoms with Crippen LogP contribution in [0.15, 0.2) is 18.2 Å². The van der Waals surface area contributed by atoms with Gasteiger partial charge in [0.15, 0.2) is 0 Å². The number of hydrogen-bond acceptors (Lipinski definition) is 4. The minimum Gasteiger partial charge on any atom is -0.393 e. The summed E-state index contributed by atoms with van der Waals surface area (Å²) in [6, 6.07) is 5.39. The number of carbonyl (C=O) groups is 1. The highest BCUT2D eigenvalue weighted by Gasteiger charge is 2.09. The third kappa shape index (κ3) is 3.33. The molecule has 108 valence electrons. The Bertz CT molecular complexity index is 592. The quantitative estimate of drug-likeness (QED) is 0.780. The highest BCUT2D eigenvalue weighted by atomic mass is 16.3.